The van der Waals surface area contributed by atoms with E-state index in [9.17, 15) is 4.79 Å². The summed E-state index contributed by atoms with van der Waals surface area (Å²) in [4.78, 5) is 11.4. The van der Waals surface area contributed by atoms with E-state index in [2.05, 4.69) is 12.8 Å². The molecule has 0 aromatic rings. The number of ketones is 1. The Hall–Kier alpha value is -1.11. The van der Waals surface area contributed by atoms with Crippen molar-refractivity contribution in [3.63, 3.8) is 0 Å². The maximum Gasteiger partial charge on any atom is 0.159 e. The summed E-state index contributed by atoms with van der Waals surface area (Å²) >= 11 is 0. The Labute approximate surface area is 109 Å². The van der Waals surface area contributed by atoms with E-state index in [1.807, 2.05) is 0 Å². The van der Waals surface area contributed by atoms with Crippen LogP contribution in [-0.4, -0.2) is 23.8 Å². The largest absolute Gasteiger partial charge is 0.349 e. The van der Waals surface area contributed by atoms with Crippen LogP contribution in [0.3, 0.4) is 0 Å². The van der Waals surface area contributed by atoms with Crippen LogP contribution in [0, 0.1) is 12.3 Å². The van der Waals surface area contributed by atoms with Crippen molar-refractivity contribution in [3.05, 3.63) is 12.2 Å². The van der Waals surface area contributed by atoms with E-state index < -0.39 is 5.60 Å². The highest BCUT2D eigenvalue weighted by Gasteiger charge is 2.38. The molecule has 0 spiro atoms. The van der Waals surface area contributed by atoms with Crippen molar-refractivity contribution >= 4 is 5.78 Å². The highest BCUT2D eigenvalue weighted by molar-refractivity contribution is 5.93. The zero-order chi connectivity index (χ0) is 13.0. The fourth-order valence-corrected chi connectivity index (χ4v) is 2.59. The standard InChI is InChI=1S/C15H20O3/c1-3-9-15(10-8-12(16)11-15)18-14-7-5-6-13(4-2)17-14/h1,8,10,13-14H,4-7,9,11H2,2H3. The zero-order valence-electron chi connectivity index (χ0n) is 10.9. The van der Waals surface area contributed by atoms with Gasteiger partial charge < -0.3 is 9.47 Å². The molecular formula is C15H20O3. The number of allylic oxidation sites excluding steroid dienone is 1. The molecule has 3 atom stereocenters. The maximum atomic E-state index is 11.4. The smallest absolute Gasteiger partial charge is 0.159 e. The monoisotopic (exact) mass is 248 g/mol. The molecular weight excluding hydrogens is 228 g/mol. The first-order chi connectivity index (χ1) is 8.67. The summed E-state index contributed by atoms with van der Waals surface area (Å²) in [6.07, 6.45) is 13.6. The molecule has 18 heavy (non-hydrogen) atoms. The molecule has 0 aromatic carbocycles. The predicted octanol–water partition coefficient (Wildman–Crippen LogP) is 2.60. The second-order valence-corrected chi connectivity index (χ2v) is 5.07. The van der Waals surface area contributed by atoms with Crippen LogP contribution in [0.4, 0.5) is 0 Å². The van der Waals surface area contributed by atoms with Gasteiger partial charge in [-0.3, -0.25) is 4.79 Å². The molecule has 0 radical (unpaired) electrons. The molecule has 0 bridgehead atoms. The Balaban J connectivity index is 1.99. The van der Waals surface area contributed by atoms with Crippen molar-refractivity contribution in [1.82, 2.24) is 0 Å². The molecule has 3 heteroatoms. The number of carbonyl (C=O) groups is 1. The molecule has 0 N–H and O–H groups in total. The Morgan fingerprint density at radius 3 is 3.06 bits per heavy atom. The van der Waals surface area contributed by atoms with Crippen molar-refractivity contribution in [2.24, 2.45) is 0 Å². The average Bonchev–Trinajstić information content (AvgIpc) is 2.71. The second kappa shape index (κ2) is 5.69. The molecule has 1 aliphatic carbocycles. The normalized spacial score (nSPS) is 35.7. The lowest BCUT2D eigenvalue weighted by Crippen LogP contribution is -2.39. The number of hydrogen-bond acceptors (Lipinski definition) is 3. The van der Waals surface area contributed by atoms with Crippen molar-refractivity contribution in [2.75, 3.05) is 0 Å². The topological polar surface area (TPSA) is 35.5 Å². The van der Waals surface area contributed by atoms with Crippen molar-refractivity contribution in [2.45, 2.75) is 63.4 Å². The van der Waals surface area contributed by atoms with Gasteiger partial charge in [-0.25, -0.2) is 0 Å². The van der Waals surface area contributed by atoms with Gasteiger partial charge in [0.05, 0.1) is 6.10 Å². The van der Waals surface area contributed by atoms with E-state index in [0.717, 1.165) is 25.7 Å². The number of carbonyl (C=O) groups excluding carboxylic acids is 1. The zero-order valence-corrected chi connectivity index (χ0v) is 10.9. The number of terminal acetylenes is 1. The third kappa shape index (κ3) is 3.01. The first-order valence-electron chi connectivity index (χ1n) is 6.66. The number of hydrogen-bond donors (Lipinski definition) is 0. The van der Waals surface area contributed by atoms with Gasteiger partial charge in [0, 0.05) is 12.8 Å². The fraction of sp³-hybridized carbons (Fsp3) is 0.667. The van der Waals surface area contributed by atoms with Crippen LogP contribution in [0.25, 0.3) is 0 Å². The van der Waals surface area contributed by atoms with Crippen LogP contribution in [-0.2, 0) is 14.3 Å². The quantitative estimate of drug-likeness (QED) is 0.717. The summed E-state index contributed by atoms with van der Waals surface area (Å²) in [5, 5.41) is 0. The minimum Gasteiger partial charge on any atom is -0.349 e. The fourth-order valence-electron chi connectivity index (χ4n) is 2.59. The van der Waals surface area contributed by atoms with Crippen LogP contribution < -0.4 is 0 Å². The minimum absolute atomic E-state index is 0.0769. The molecule has 2 rings (SSSR count). The van der Waals surface area contributed by atoms with E-state index in [1.54, 1.807) is 12.2 Å². The number of rotatable bonds is 4. The molecule has 1 aliphatic heterocycles. The molecule has 3 nitrogen and oxygen atoms in total. The molecule has 1 saturated heterocycles. The van der Waals surface area contributed by atoms with Gasteiger partial charge in [0.25, 0.3) is 0 Å². The third-order valence-electron chi connectivity index (χ3n) is 3.58. The Kier molecular flexibility index (Phi) is 4.21. The van der Waals surface area contributed by atoms with Crippen LogP contribution in [0.5, 0.6) is 0 Å². The Morgan fingerprint density at radius 1 is 1.61 bits per heavy atom. The maximum absolute atomic E-state index is 11.4. The van der Waals surface area contributed by atoms with Crippen molar-refractivity contribution < 1.29 is 14.3 Å². The summed E-state index contributed by atoms with van der Waals surface area (Å²) in [5.41, 5.74) is -0.633. The Bertz CT molecular complexity index is 380. The van der Waals surface area contributed by atoms with Gasteiger partial charge in [-0.1, -0.05) is 6.92 Å². The second-order valence-electron chi connectivity index (χ2n) is 5.07. The van der Waals surface area contributed by atoms with Crippen LogP contribution in [0.2, 0.25) is 0 Å². The van der Waals surface area contributed by atoms with Crippen LogP contribution in [0.1, 0.15) is 45.4 Å². The van der Waals surface area contributed by atoms with Gasteiger partial charge in [-0.2, -0.15) is 0 Å². The predicted molar refractivity (Wildman–Crippen MR) is 68.8 cm³/mol. The molecule has 1 heterocycles. The summed E-state index contributed by atoms with van der Waals surface area (Å²) in [7, 11) is 0. The van der Waals surface area contributed by atoms with Crippen molar-refractivity contribution in [3.8, 4) is 12.3 Å². The molecule has 1 fully saturated rings. The van der Waals surface area contributed by atoms with E-state index in [-0.39, 0.29) is 18.2 Å². The van der Waals surface area contributed by atoms with Gasteiger partial charge in [-0.15, -0.1) is 12.3 Å². The lowest BCUT2D eigenvalue weighted by Gasteiger charge is -2.35. The first-order valence-corrected chi connectivity index (χ1v) is 6.66. The molecule has 0 amide bonds. The lowest BCUT2D eigenvalue weighted by atomic mass is 9.98. The third-order valence-corrected chi connectivity index (χ3v) is 3.58. The van der Waals surface area contributed by atoms with Crippen molar-refractivity contribution in [1.29, 1.82) is 0 Å². The average molecular weight is 248 g/mol. The minimum atomic E-state index is -0.633. The molecule has 0 saturated carbocycles. The SMILES string of the molecule is C#CCC1(OC2CCCC(CC)O2)C=CC(=O)C1. The van der Waals surface area contributed by atoms with Crippen LogP contribution in [0.15, 0.2) is 12.2 Å². The molecule has 3 unspecified atom stereocenters. The van der Waals surface area contributed by atoms with Gasteiger partial charge in [0.2, 0.25) is 0 Å². The van der Waals surface area contributed by atoms with Gasteiger partial charge >= 0.3 is 0 Å². The summed E-state index contributed by atoms with van der Waals surface area (Å²) < 4.78 is 11.9. The Morgan fingerprint density at radius 2 is 2.44 bits per heavy atom. The lowest BCUT2D eigenvalue weighted by molar-refractivity contribution is -0.232. The highest BCUT2D eigenvalue weighted by Crippen LogP contribution is 2.33. The van der Waals surface area contributed by atoms with E-state index in [0.29, 0.717) is 12.8 Å². The molecule has 2 aliphatic rings. The highest BCUT2D eigenvalue weighted by atomic mass is 16.7. The van der Waals surface area contributed by atoms with Gasteiger partial charge in [-0.05, 0) is 37.8 Å². The van der Waals surface area contributed by atoms with E-state index >= 15 is 0 Å². The van der Waals surface area contributed by atoms with Gasteiger partial charge in [0.1, 0.15) is 5.60 Å². The van der Waals surface area contributed by atoms with Gasteiger partial charge in [0.15, 0.2) is 12.1 Å². The summed E-state index contributed by atoms with van der Waals surface area (Å²) in [6, 6.07) is 0. The van der Waals surface area contributed by atoms with Crippen LogP contribution >= 0.6 is 0 Å². The number of ether oxygens (including phenoxy) is 2. The summed E-state index contributed by atoms with van der Waals surface area (Å²) in [6.45, 7) is 2.11. The van der Waals surface area contributed by atoms with E-state index in [4.69, 9.17) is 15.9 Å². The molecule has 98 valence electrons. The molecule has 0 aromatic heterocycles. The van der Waals surface area contributed by atoms with E-state index in [1.165, 1.54) is 0 Å². The first kappa shape index (κ1) is 13.3. The summed E-state index contributed by atoms with van der Waals surface area (Å²) in [5.74, 6) is 2.68.